The molecule has 1 aliphatic carbocycles. The molecule has 150 valence electrons. The highest BCUT2D eigenvalue weighted by molar-refractivity contribution is 5.88. The number of halogens is 3. The van der Waals surface area contributed by atoms with E-state index in [0.29, 0.717) is 0 Å². The zero-order valence-electron chi connectivity index (χ0n) is 16.4. The smallest absolute Gasteiger partial charge is 0.266 e. The molecule has 1 N–H and O–H groups in total. The van der Waals surface area contributed by atoms with Gasteiger partial charge in [-0.25, -0.2) is 23.6 Å². The Balaban J connectivity index is 1.92. The number of rotatable bonds is 6. The fraction of sp³-hybridized carbons (Fsp3) is 0.650. The lowest BCUT2D eigenvalue weighted by Gasteiger charge is -2.34. The molecule has 2 unspecified atom stereocenters. The maximum atomic E-state index is 14.0. The number of carbonyl (C=O) groups excluding carboxylic acids is 1. The maximum Gasteiger partial charge on any atom is 0.266 e. The van der Waals surface area contributed by atoms with Gasteiger partial charge in [-0.05, 0) is 55.4 Å². The largest absolute Gasteiger partial charge is 0.334 e. The molecule has 1 aromatic rings. The summed E-state index contributed by atoms with van der Waals surface area (Å²) in [6.45, 7) is 6.36. The second-order valence-electron chi connectivity index (χ2n) is 7.86. The van der Waals surface area contributed by atoms with E-state index < -0.39 is 30.6 Å². The van der Waals surface area contributed by atoms with E-state index in [9.17, 15) is 18.0 Å². The predicted octanol–water partition coefficient (Wildman–Crippen LogP) is 3.50. The second-order valence-corrected chi connectivity index (χ2v) is 7.86. The van der Waals surface area contributed by atoms with Crippen molar-refractivity contribution < 1.29 is 18.0 Å². The van der Waals surface area contributed by atoms with Crippen molar-refractivity contribution in [2.24, 2.45) is 0 Å². The van der Waals surface area contributed by atoms with E-state index in [1.165, 1.54) is 17.5 Å². The number of nitrogens with zero attached hydrogens (tertiary/aromatic N) is 2. The molecular formula is C20H28F3N3O. The van der Waals surface area contributed by atoms with Crippen molar-refractivity contribution in [2.45, 2.75) is 77.3 Å². The van der Waals surface area contributed by atoms with Crippen LogP contribution in [-0.4, -0.2) is 47.2 Å². The fourth-order valence-electron chi connectivity index (χ4n) is 3.80. The normalized spacial score (nSPS) is 26.0. The van der Waals surface area contributed by atoms with Crippen LogP contribution in [0, 0.1) is 13.8 Å². The van der Waals surface area contributed by atoms with Gasteiger partial charge in [0.25, 0.3) is 12.3 Å². The fourth-order valence-corrected chi connectivity index (χ4v) is 3.80. The second kappa shape index (κ2) is 7.43. The third-order valence-electron chi connectivity index (χ3n) is 5.83. The zero-order valence-corrected chi connectivity index (χ0v) is 16.4. The zero-order chi connectivity index (χ0) is 19.9. The third kappa shape index (κ3) is 3.72. The Morgan fingerprint density at radius 3 is 2.33 bits per heavy atom. The van der Waals surface area contributed by atoms with E-state index in [4.69, 9.17) is 0 Å². The number of alkyl halides is 3. The number of amides is 1. The van der Waals surface area contributed by atoms with Crippen LogP contribution >= 0.6 is 0 Å². The molecule has 0 radical (unpaired) electrons. The molecule has 2 aliphatic rings. The monoisotopic (exact) mass is 383 g/mol. The van der Waals surface area contributed by atoms with E-state index in [0.717, 1.165) is 41.0 Å². The highest BCUT2D eigenvalue weighted by Gasteiger charge is 2.58. The van der Waals surface area contributed by atoms with Gasteiger partial charge in [0.15, 0.2) is 11.8 Å². The number of carbonyl (C=O) groups is 1. The third-order valence-corrected chi connectivity index (χ3v) is 5.83. The molecule has 0 aromatic heterocycles. The lowest BCUT2D eigenvalue weighted by molar-refractivity contribution is -0.147. The first-order chi connectivity index (χ1) is 12.7. The van der Waals surface area contributed by atoms with Gasteiger partial charge in [-0.3, -0.25) is 4.79 Å². The number of nitrogens with one attached hydrogen (secondary N) is 1. The van der Waals surface area contributed by atoms with Gasteiger partial charge in [-0.15, -0.1) is 0 Å². The number of benzene rings is 1. The van der Waals surface area contributed by atoms with Crippen molar-refractivity contribution in [3.63, 3.8) is 0 Å². The summed E-state index contributed by atoms with van der Waals surface area (Å²) in [4.78, 5) is 14.8. The molecule has 7 heteroatoms. The lowest BCUT2D eigenvalue weighted by atomic mass is 9.94. The topological polar surface area (TPSA) is 35.6 Å². The van der Waals surface area contributed by atoms with E-state index in [1.54, 1.807) is 0 Å². The number of hydrogen-bond donors (Lipinski definition) is 1. The van der Waals surface area contributed by atoms with Crippen LogP contribution in [-0.2, 0) is 17.8 Å². The van der Waals surface area contributed by atoms with Crippen LogP contribution in [0.25, 0.3) is 0 Å². The van der Waals surface area contributed by atoms with Gasteiger partial charge >= 0.3 is 0 Å². The SMILES string of the molecule is CCc1cc(C)c(C)cc1CN(C(=O)C1(C(F)F)CC(F)N(C)N1)C1CC1. The molecule has 1 saturated heterocycles. The molecule has 0 bridgehead atoms. The Morgan fingerprint density at radius 1 is 1.30 bits per heavy atom. The summed E-state index contributed by atoms with van der Waals surface area (Å²) in [6.07, 6.45) is -2.75. The summed E-state index contributed by atoms with van der Waals surface area (Å²) < 4.78 is 41.9. The molecule has 2 atom stereocenters. The molecule has 1 amide bonds. The van der Waals surface area contributed by atoms with Gasteiger partial charge in [0.2, 0.25) is 0 Å². The Labute approximate surface area is 158 Å². The van der Waals surface area contributed by atoms with Crippen LogP contribution in [0.2, 0.25) is 0 Å². The maximum absolute atomic E-state index is 14.0. The van der Waals surface area contributed by atoms with Crippen molar-refractivity contribution in [3.05, 3.63) is 34.4 Å². The van der Waals surface area contributed by atoms with E-state index in [2.05, 4.69) is 11.5 Å². The average Bonchev–Trinajstić information content (AvgIpc) is 3.40. The van der Waals surface area contributed by atoms with Crippen LogP contribution < -0.4 is 5.43 Å². The summed E-state index contributed by atoms with van der Waals surface area (Å²) in [7, 11) is 1.35. The molecule has 3 rings (SSSR count). The molecule has 1 aliphatic heterocycles. The first kappa shape index (κ1) is 20.1. The highest BCUT2D eigenvalue weighted by atomic mass is 19.3. The van der Waals surface area contributed by atoms with Crippen LogP contribution in [0.3, 0.4) is 0 Å². The summed E-state index contributed by atoms with van der Waals surface area (Å²) in [5.74, 6) is -0.702. The van der Waals surface area contributed by atoms with Crippen LogP contribution in [0.15, 0.2) is 12.1 Å². The molecule has 0 spiro atoms. The Morgan fingerprint density at radius 2 is 1.89 bits per heavy atom. The highest BCUT2D eigenvalue weighted by Crippen LogP contribution is 2.37. The van der Waals surface area contributed by atoms with Crippen molar-refractivity contribution >= 4 is 5.91 Å². The van der Waals surface area contributed by atoms with Gasteiger partial charge in [0.1, 0.15) is 0 Å². The number of aryl methyl sites for hydroxylation is 3. The van der Waals surface area contributed by atoms with Gasteiger partial charge < -0.3 is 4.90 Å². The van der Waals surface area contributed by atoms with Crippen LogP contribution in [0.4, 0.5) is 13.2 Å². The Bertz CT molecular complexity index is 711. The minimum Gasteiger partial charge on any atom is -0.334 e. The van der Waals surface area contributed by atoms with Crippen LogP contribution in [0.5, 0.6) is 0 Å². The molecule has 2 fully saturated rings. The summed E-state index contributed by atoms with van der Waals surface area (Å²) in [5, 5.41) is 0.975. The van der Waals surface area contributed by atoms with Gasteiger partial charge in [0, 0.05) is 26.1 Å². The van der Waals surface area contributed by atoms with Gasteiger partial charge in [0.05, 0.1) is 0 Å². The summed E-state index contributed by atoms with van der Waals surface area (Å²) >= 11 is 0. The molecular weight excluding hydrogens is 355 g/mol. The quantitative estimate of drug-likeness (QED) is 0.764. The predicted molar refractivity (Wildman–Crippen MR) is 98.0 cm³/mol. The molecule has 1 heterocycles. The van der Waals surface area contributed by atoms with Crippen molar-refractivity contribution in [1.29, 1.82) is 0 Å². The molecule has 27 heavy (non-hydrogen) atoms. The van der Waals surface area contributed by atoms with E-state index in [-0.39, 0.29) is 12.6 Å². The summed E-state index contributed by atoms with van der Waals surface area (Å²) in [6, 6.07) is 4.09. The Kier molecular flexibility index (Phi) is 5.54. The molecule has 1 aromatic carbocycles. The first-order valence-corrected chi connectivity index (χ1v) is 9.52. The minimum atomic E-state index is -2.99. The van der Waals surface area contributed by atoms with Gasteiger partial charge in [-0.1, -0.05) is 19.1 Å². The van der Waals surface area contributed by atoms with Crippen molar-refractivity contribution in [1.82, 2.24) is 15.3 Å². The lowest BCUT2D eigenvalue weighted by Crippen LogP contribution is -2.61. The molecule has 4 nitrogen and oxygen atoms in total. The summed E-state index contributed by atoms with van der Waals surface area (Å²) in [5.41, 5.74) is 4.61. The first-order valence-electron chi connectivity index (χ1n) is 9.52. The minimum absolute atomic E-state index is 0.0507. The van der Waals surface area contributed by atoms with Gasteiger partial charge in [-0.2, -0.15) is 0 Å². The van der Waals surface area contributed by atoms with E-state index in [1.807, 2.05) is 26.8 Å². The Hall–Kier alpha value is -1.60. The average molecular weight is 383 g/mol. The number of hydrazine groups is 1. The van der Waals surface area contributed by atoms with Crippen molar-refractivity contribution in [3.8, 4) is 0 Å². The molecule has 1 saturated carbocycles. The van der Waals surface area contributed by atoms with E-state index >= 15 is 0 Å². The standard InChI is InChI=1S/C20H28F3N3O/c1-5-14-8-12(2)13(3)9-15(14)11-26(16-6-7-16)19(27)20(18(22)23)10-17(21)25(4)24-20/h8-9,16-18,24H,5-7,10-11H2,1-4H3. The van der Waals surface area contributed by atoms with Crippen LogP contribution in [0.1, 0.15) is 48.4 Å². The van der Waals surface area contributed by atoms with Crippen molar-refractivity contribution in [2.75, 3.05) is 7.05 Å². The number of hydrogen-bond acceptors (Lipinski definition) is 3.